The Morgan fingerprint density at radius 2 is 2.35 bits per heavy atom. The van der Waals surface area contributed by atoms with Crippen molar-refractivity contribution in [1.82, 2.24) is 20.2 Å². The van der Waals surface area contributed by atoms with Crippen molar-refractivity contribution in [3.05, 3.63) is 30.1 Å². The Morgan fingerprint density at radius 1 is 1.53 bits per heavy atom. The highest BCUT2D eigenvalue weighted by Gasteiger charge is 2.08. The van der Waals surface area contributed by atoms with Crippen LogP contribution >= 0.6 is 0 Å². The molecule has 1 aromatic carbocycles. The number of carbonyl (C=O) groups is 1. The predicted molar refractivity (Wildman–Crippen MR) is 66.5 cm³/mol. The molecule has 0 radical (unpaired) electrons. The van der Waals surface area contributed by atoms with E-state index in [1.165, 1.54) is 0 Å². The van der Waals surface area contributed by atoms with Crippen LogP contribution in [-0.4, -0.2) is 41.4 Å². The van der Waals surface area contributed by atoms with Gasteiger partial charge >= 0.3 is 0 Å². The van der Waals surface area contributed by atoms with Gasteiger partial charge in [0.05, 0.1) is 23.9 Å². The minimum Gasteiger partial charge on any atom is -0.345 e. The molecule has 0 aliphatic rings. The lowest BCUT2D eigenvalue weighted by Gasteiger charge is -2.16. The minimum atomic E-state index is 0.0807. The monoisotopic (exact) mass is 232 g/mol. The molecule has 0 bridgehead atoms. The van der Waals surface area contributed by atoms with E-state index in [1.54, 1.807) is 25.3 Å². The Labute approximate surface area is 99.8 Å². The lowest BCUT2D eigenvalue weighted by Crippen LogP contribution is -2.33. The summed E-state index contributed by atoms with van der Waals surface area (Å²) in [6.45, 7) is 0.971. The second-order valence-corrected chi connectivity index (χ2v) is 4.03. The number of aromatic amines is 1. The highest BCUT2D eigenvalue weighted by Crippen LogP contribution is 2.12. The molecule has 0 aliphatic heterocycles. The third-order valence-corrected chi connectivity index (χ3v) is 2.66. The van der Waals surface area contributed by atoms with Crippen LogP contribution in [0.15, 0.2) is 24.5 Å². The van der Waals surface area contributed by atoms with E-state index in [2.05, 4.69) is 15.3 Å². The number of carbonyl (C=O) groups excluding carboxylic acids is 1. The van der Waals surface area contributed by atoms with Crippen LogP contribution in [0.4, 0.5) is 0 Å². The van der Waals surface area contributed by atoms with Gasteiger partial charge in [0.15, 0.2) is 0 Å². The molecule has 17 heavy (non-hydrogen) atoms. The van der Waals surface area contributed by atoms with Crippen molar-refractivity contribution in [3.63, 3.8) is 0 Å². The standard InChI is InChI=1S/C12H16N4O/c1-13-6-12(17)16(2)7-9-3-4-10-11(5-9)15-8-14-10/h3-5,8,13H,6-7H2,1-2H3,(H,14,15). The van der Waals surface area contributed by atoms with Gasteiger partial charge in [-0.3, -0.25) is 4.79 Å². The second kappa shape index (κ2) is 4.97. The fraction of sp³-hybridized carbons (Fsp3) is 0.333. The van der Waals surface area contributed by atoms with Crippen molar-refractivity contribution in [1.29, 1.82) is 0 Å². The van der Waals surface area contributed by atoms with E-state index in [0.29, 0.717) is 13.1 Å². The molecule has 0 saturated heterocycles. The fourth-order valence-corrected chi connectivity index (χ4v) is 1.73. The summed E-state index contributed by atoms with van der Waals surface area (Å²) in [5.74, 6) is 0.0807. The molecular formula is C12H16N4O. The number of hydrogen-bond donors (Lipinski definition) is 2. The summed E-state index contributed by atoms with van der Waals surface area (Å²) in [6.07, 6.45) is 1.67. The summed E-state index contributed by atoms with van der Waals surface area (Å²) in [6, 6.07) is 5.97. The van der Waals surface area contributed by atoms with Crippen molar-refractivity contribution in [3.8, 4) is 0 Å². The van der Waals surface area contributed by atoms with Gasteiger partial charge in [-0.1, -0.05) is 6.07 Å². The molecule has 90 valence electrons. The fourth-order valence-electron chi connectivity index (χ4n) is 1.73. The van der Waals surface area contributed by atoms with Gasteiger partial charge in [0.2, 0.25) is 5.91 Å². The lowest BCUT2D eigenvalue weighted by molar-refractivity contribution is -0.129. The summed E-state index contributed by atoms with van der Waals surface area (Å²) in [5, 5.41) is 2.85. The van der Waals surface area contributed by atoms with Crippen molar-refractivity contribution in [2.75, 3.05) is 20.6 Å². The first-order valence-electron chi connectivity index (χ1n) is 5.51. The number of imidazole rings is 1. The molecule has 0 unspecified atom stereocenters. The zero-order chi connectivity index (χ0) is 12.3. The van der Waals surface area contributed by atoms with Crippen LogP contribution in [-0.2, 0) is 11.3 Å². The molecule has 0 fully saturated rings. The number of nitrogens with one attached hydrogen (secondary N) is 2. The number of H-pyrrole nitrogens is 1. The van der Waals surface area contributed by atoms with Gasteiger partial charge in [-0.2, -0.15) is 0 Å². The van der Waals surface area contributed by atoms with Gasteiger partial charge in [-0.05, 0) is 24.7 Å². The molecule has 1 aromatic heterocycles. The molecule has 1 heterocycles. The third-order valence-electron chi connectivity index (χ3n) is 2.66. The Bertz CT molecular complexity index is 520. The average molecular weight is 232 g/mol. The van der Waals surface area contributed by atoms with E-state index in [1.807, 2.05) is 18.2 Å². The van der Waals surface area contributed by atoms with Crippen molar-refractivity contribution in [2.45, 2.75) is 6.54 Å². The molecule has 0 saturated carbocycles. The minimum absolute atomic E-state index is 0.0807. The first-order valence-corrected chi connectivity index (χ1v) is 5.51. The molecule has 5 nitrogen and oxygen atoms in total. The molecule has 5 heteroatoms. The van der Waals surface area contributed by atoms with Gasteiger partial charge in [-0.25, -0.2) is 4.98 Å². The van der Waals surface area contributed by atoms with Crippen LogP contribution in [0, 0.1) is 0 Å². The smallest absolute Gasteiger partial charge is 0.236 e. The number of rotatable bonds is 4. The molecule has 0 atom stereocenters. The highest BCUT2D eigenvalue weighted by molar-refractivity contribution is 5.78. The van der Waals surface area contributed by atoms with Gasteiger partial charge in [0.25, 0.3) is 0 Å². The van der Waals surface area contributed by atoms with Crippen LogP contribution in [0.25, 0.3) is 11.0 Å². The van der Waals surface area contributed by atoms with Crippen LogP contribution in [0.1, 0.15) is 5.56 Å². The molecule has 2 N–H and O–H groups in total. The Hall–Kier alpha value is -1.88. The van der Waals surface area contributed by atoms with Gasteiger partial charge in [0.1, 0.15) is 0 Å². The topological polar surface area (TPSA) is 61.0 Å². The zero-order valence-corrected chi connectivity index (χ0v) is 10.0. The molecular weight excluding hydrogens is 216 g/mol. The lowest BCUT2D eigenvalue weighted by atomic mass is 10.2. The Balaban J connectivity index is 2.09. The molecule has 2 rings (SSSR count). The largest absolute Gasteiger partial charge is 0.345 e. The number of hydrogen-bond acceptors (Lipinski definition) is 3. The highest BCUT2D eigenvalue weighted by atomic mass is 16.2. The zero-order valence-electron chi connectivity index (χ0n) is 10.0. The second-order valence-electron chi connectivity index (χ2n) is 4.03. The van der Waals surface area contributed by atoms with Gasteiger partial charge in [-0.15, -0.1) is 0 Å². The van der Waals surface area contributed by atoms with Crippen LogP contribution in [0.5, 0.6) is 0 Å². The molecule has 0 aliphatic carbocycles. The maximum atomic E-state index is 11.6. The molecule has 0 spiro atoms. The van der Waals surface area contributed by atoms with Crippen molar-refractivity contribution >= 4 is 16.9 Å². The molecule has 1 amide bonds. The maximum absolute atomic E-state index is 11.6. The number of benzene rings is 1. The van der Waals surface area contributed by atoms with E-state index in [9.17, 15) is 4.79 Å². The predicted octanol–water partition coefficient (Wildman–Crippen LogP) is 0.741. The van der Waals surface area contributed by atoms with E-state index in [0.717, 1.165) is 16.6 Å². The van der Waals surface area contributed by atoms with Gasteiger partial charge < -0.3 is 15.2 Å². The van der Waals surface area contributed by atoms with Crippen LogP contribution in [0.2, 0.25) is 0 Å². The van der Waals surface area contributed by atoms with Gasteiger partial charge in [0, 0.05) is 13.6 Å². The summed E-state index contributed by atoms with van der Waals surface area (Å²) in [5.41, 5.74) is 3.03. The van der Waals surface area contributed by atoms with E-state index in [4.69, 9.17) is 0 Å². The normalized spacial score (nSPS) is 10.7. The maximum Gasteiger partial charge on any atom is 0.236 e. The van der Waals surface area contributed by atoms with Crippen molar-refractivity contribution < 1.29 is 4.79 Å². The number of amides is 1. The number of nitrogens with zero attached hydrogens (tertiary/aromatic N) is 2. The third kappa shape index (κ3) is 2.62. The quantitative estimate of drug-likeness (QED) is 0.817. The first kappa shape index (κ1) is 11.6. The SMILES string of the molecule is CNCC(=O)N(C)Cc1ccc2nc[nH]c2c1. The van der Waals surface area contributed by atoms with E-state index < -0.39 is 0 Å². The van der Waals surface area contributed by atoms with E-state index in [-0.39, 0.29) is 5.91 Å². The summed E-state index contributed by atoms with van der Waals surface area (Å²) < 4.78 is 0. The molecule has 2 aromatic rings. The number of likely N-dealkylation sites (N-methyl/N-ethyl adjacent to an activating group) is 2. The summed E-state index contributed by atoms with van der Waals surface area (Å²) >= 11 is 0. The van der Waals surface area contributed by atoms with Crippen LogP contribution < -0.4 is 5.32 Å². The Kier molecular flexibility index (Phi) is 3.39. The number of fused-ring (bicyclic) bond motifs is 1. The average Bonchev–Trinajstić information content (AvgIpc) is 2.76. The summed E-state index contributed by atoms with van der Waals surface area (Å²) in [7, 11) is 3.57. The summed E-state index contributed by atoms with van der Waals surface area (Å²) in [4.78, 5) is 20.5. The van der Waals surface area contributed by atoms with E-state index >= 15 is 0 Å². The van der Waals surface area contributed by atoms with Crippen LogP contribution in [0.3, 0.4) is 0 Å². The first-order chi connectivity index (χ1) is 8.20. The number of aromatic nitrogens is 2. The van der Waals surface area contributed by atoms with Crippen molar-refractivity contribution in [2.24, 2.45) is 0 Å². The Morgan fingerprint density at radius 3 is 3.12 bits per heavy atom.